The molecule has 9 heteroatoms. The number of carboxylic acid groups (broad SMARTS) is 1. The van der Waals surface area contributed by atoms with Crippen LogP contribution in [0, 0.1) is 0 Å². The molecule has 0 radical (unpaired) electrons. The van der Waals surface area contributed by atoms with E-state index in [-0.39, 0.29) is 23.9 Å². The second-order valence-corrected chi connectivity index (χ2v) is 8.74. The first-order valence-electron chi connectivity index (χ1n) is 11.8. The van der Waals surface area contributed by atoms with Gasteiger partial charge in [0.1, 0.15) is 24.6 Å². The molecule has 3 aliphatic rings. The van der Waals surface area contributed by atoms with Crippen LogP contribution in [0.2, 0.25) is 0 Å². The fourth-order valence-corrected chi connectivity index (χ4v) is 4.64. The summed E-state index contributed by atoms with van der Waals surface area (Å²) in [5.41, 5.74) is 3.22. The summed E-state index contributed by atoms with van der Waals surface area (Å²) in [5, 5.41) is 9.49. The van der Waals surface area contributed by atoms with E-state index in [4.69, 9.17) is 14.3 Å². The van der Waals surface area contributed by atoms with Crippen molar-refractivity contribution in [2.75, 3.05) is 39.4 Å². The maximum Gasteiger partial charge on any atom is 0.329 e. The van der Waals surface area contributed by atoms with Gasteiger partial charge in [0.15, 0.2) is 5.43 Å². The molecule has 0 bridgehead atoms. The van der Waals surface area contributed by atoms with Crippen molar-refractivity contribution in [1.82, 2.24) is 9.80 Å². The first-order chi connectivity index (χ1) is 17.9. The molecular weight excluding hydrogens is 476 g/mol. The van der Waals surface area contributed by atoms with Gasteiger partial charge >= 0.3 is 5.97 Å². The van der Waals surface area contributed by atoms with Crippen molar-refractivity contribution in [3.63, 3.8) is 0 Å². The zero-order valence-electron chi connectivity index (χ0n) is 19.9. The Kier molecular flexibility index (Phi) is 6.70. The fourth-order valence-electron chi connectivity index (χ4n) is 4.64. The van der Waals surface area contributed by atoms with Gasteiger partial charge < -0.3 is 24.1 Å². The van der Waals surface area contributed by atoms with Gasteiger partial charge in [0.2, 0.25) is 5.91 Å². The van der Waals surface area contributed by atoms with Crippen LogP contribution in [0.1, 0.15) is 10.4 Å². The molecule has 0 unspecified atom stereocenters. The minimum Gasteiger partial charge on any atom is -0.480 e. The first kappa shape index (κ1) is 24.2. The van der Waals surface area contributed by atoms with Gasteiger partial charge in [-0.05, 0) is 29.8 Å². The lowest BCUT2D eigenvalue weighted by Crippen LogP contribution is -2.51. The molecule has 0 aromatic heterocycles. The zero-order valence-corrected chi connectivity index (χ0v) is 19.9. The number of carboxylic acids is 1. The summed E-state index contributed by atoms with van der Waals surface area (Å²) in [6, 6.07) is 19.5. The van der Waals surface area contributed by atoms with E-state index in [9.17, 15) is 19.2 Å². The Morgan fingerprint density at radius 3 is 2.32 bits per heavy atom. The molecule has 1 aliphatic carbocycles. The third-order valence-corrected chi connectivity index (χ3v) is 6.40. The van der Waals surface area contributed by atoms with Gasteiger partial charge in [-0.2, -0.15) is 0 Å². The van der Waals surface area contributed by atoms with E-state index in [1.165, 1.54) is 12.1 Å². The molecule has 2 heterocycles. The third kappa shape index (κ3) is 4.94. The molecule has 0 atom stereocenters. The van der Waals surface area contributed by atoms with Crippen LogP contribution in [0.3, 0.4) is 0 Å². The van der Waals surface area contributed by atoms with E-state index in [0.717, 1.165) is 22.1 Å². The SMILES string of the molecule is O=C(O)COCC(=O)N1CCN(C(=O)c2ccccc2-c2c3ccc(=O)cc-3oc3ccccc23)CC1. The number of rotatable bonds is 6. The summed E-state index contributed by atoms with van der Waals surface area (Å²) in [4.78, 5) is 51.9. The molecule has 37 heavy (non-hydrogen) atoms. The molecule has 9 nitrogen and oxygen atoms in total. The Balaban J connectivity index is 1.44. The van der Waals surface area contributed by atoms with Crippen molar-refractivity contribution in [3.05, 3.63) is 82.5 Å². The van der Waals surface area contributed by atoms with Crippen molar-refractivity contribution >= 4 is 28.8 Å². The molecule has 1 N–H and O–H groups in total. The average molecular weight is 501 g/mol. The number of benzene rings is 3. The van der Waals surface area contributed by atoms with Crippen LogP contribution in [-0.2, 0) is 14.3 Å². The van der Waals surface area contributed by atoms with E-state index >= 15 is 0 Å². The highest BCUT2D eigenvalue weighted by Gasteiger charge is 2.28. The number of hydrogen-bond acceptors (Lipinski definition) is 6. The number of aliphatic carboxylic acids is 1. The quantitative estimate of drug-likeness (QED) is 0.405. The van der Waals surface area contributed by atoms with Crippen LogP contribution in [0.25, 0.3) is 33.4 Å². The van der Waals surface area contributed by atoms with Crippen LogP contribution in [-0.4, -0.2) is 72.1 Å². The molecular formula is C28H24N2O7. The summed E-state index contributed by atoms with van der Waals surface area (Å²) in [7, 11) is 0. The van der Waals surface area contributed by atoms with Crippen LogP contribution in [0.4, 0.5) is 0 Å². The molecule has 2 aliphatic heterocycles. The maximum absolute atomic E-state index is 13.7. The Labute approximate surface area is 211 Å². The van der Waals surface area contributed by atoms with E-state index in [0.29, 0.717) is 43.1 Å². The van der Waals surface area contributed by atoms with Crippen molar-refractivity contribution in [2.45, 2.75) is 0 Å². The summed E-state index contributed by atoms with van der Waals surface area (Å²) in [6.07, 6.45) is 0. The predicted octanol–water partition coefficient (Wildman–Crippen LogP) is 2.95. The third-order valence-electron chi connectivity index (χ3n) is 6.40. The van der Waals surface area contributed by atoms with Gasteiger partial charge in [0, 0.05) is 54.3 Å². The number of nitrogens with zero attached hydrogens (tertiary/aromatic N) is 2. The van der Waals surface area contributed by atoms with Crippen LogP contribution in [0.5, 0.6) is 0 Å². The number of amides is 2. The van der Waals surface area contributed by atoms with E-state index in [2.05, 4.69) is 0 Å². The summed E-state index contributed by atoms with van der Waals surface area (Å²) in [6.45, 7) is 0.476. The second kappa shape index (κ2) is 10.2. The number of fused-ring (bicyclic) bond motifs is 2. The van der Waals surface area contributed by atoms with E-state index < -0.39 is 12.6 Å². The number of piperazine rings is 1. The number of carbonyl (C=O) groups is 3. The fraction of sp³-hybridized carbons (Fsp3) is 0.214. The molecule has 1 saturated heterocycles. The normalized spacial score (nSPS) is 13.7. The highest BCUT2D eigenvalue weighted by molar-refractivity contribution is 6.09. The van der Waals surface area contributed by atoms with Gasteiger partial charge in [-0.15, -0.1) is 0 Å². The molecule has 2 amide bonds. The summed E-state index contributed by atoms with van der Waals surface area (Å²) < 4.78 is 10.9. The Morgan fingerprint density at radius 1 is 0.838 bits per heavy atom. The Bertz CT molecular complexity index is 1520. The Hall–Kier alpha value is -4.50. The topological polar surface area (TPSA) is 117 Å². The molecule has 5 rings (SSSR count). The van der Waals surface area contributed by atoms with Gasteiger partial charge in [0.05, 0.1) is 0 Å². The Morgan fingerprint density at radius 2 is 1.54 bits per heavy atom. The molecule has 188 valence electrons. The largest absolute Gasteiger partial charge is 0.480 e. The number of ether oxygens (including phenoxy) is 1. The minimum atomic E-state index is -1.14. The van der Waals surface area contributed by atoms with Crippen LogP contribution in [0.15, 0.2) is 75.9 Å². The minimum absolute atomic E-state index is 0.164. The maximum atomic E-state index is 13.7. The lowest BCUT2D eigenvalue weighted by molar-refractivity contribution is -0.146. The molecule has 2 aromatic rings. The molecule has 1 fully saturated rings. The van der Waals surface area contributed by atoms with Crippen molar-refractivity contribution in [3.8, 4) is 22.5 Å². The molecule has 2 aromatic carbocycles. The summed E-state index contributed by atoms with van der Waals surface area (Å²) >= 11 is 0. The first-order valence-corrected chi connectivity index (χ1v) is 11.8. The zero-order chi connectivity index (χ0) is 25.9. The lowest BCUT2D eigenvalue weighted by Gasteiger charge is -2.35. The number of carbonyl (C=O) groups excluding carboxylic acids is 2. The van der Waals surface area contributed by atoms with Gasteiger partial charge in [0.25, 0.3) is 5.91 Å². The number of hydrogen-bond donors (Lipinski definition) is 1. The predicted molar refractivity (Wildman–Crippen MR) is 135 cm³/mol. The summed E-state index contributed by atoms with van der Waals surface area (Å²) in [5.74, 6) is -1.16. The second-order valence-electron chi connectivity index (χ2n) is 8.74. The highest BCUT2D eigenvalue weighted by Crippen LogP contribution is 2.41. The molecule has 0 saturated carbocycles. The van der Waals surface area contributed by atoms with Gasteiger partial charge in [-0.25, -0.2) is 4.79 Å². The van der Waals surface area contributed by atoms with Crippen LogP contribution < -0.4 is 5.43 Å². The standard InChI is InChI=1S/C28H24N2O7/c31-18-9-10-22-24(15-18)37-23-8-4-3-7-21(23)27(22)19-5-1-2-6-20(19)28(35)30-13-11-29(12-14-30)25(32)16-36-17-26(33)34/h1-10,15H,11-14,16-17H2,(H,33,34). The average Bonchev–Trinajstić information content (AvgIpc) is 2.91. The van der Waals surface area contributed by atoms with Crippen molar-refractivity contribution in [2.24, 2.45) is 0 Å². The monoisotopic (exact) mass is 500 g/mol. The van der Waals surface area contributed by atoms with Crippen molar-refractivity contribution in [1.29, 1.82) is 0 Å². The van der Waals surface area contributed by atoms with Gasteiger partial charge in [-0.3, -0.25) is 14.4 Å². The molecule has 0 spiro atoms. The van der Waals surface area contributed by atoms with E-state index in [1.807, 2.05) is 42.5 Å². The number of para-hydroxylation sites is 1. The van der Waals surface area contributed by atoms with Gasteiger partial charge in [-0.1, -0.05) is 36.4 Å². The highest BCUT2D eigenvalue weighted by atomic mass is 16.5. The lowest BCUT2D eigenvalue weighted by atomic mass is 9.90. The van der Waals surface area contributed by atoms with Crippen LogP contribution >= 0.6 is 0 Å². The van der Waals surface area contributed by atoms with Crippen molar-refractivity contribution < 1.29 is 28.6 Å². The smallest absolute Gasteiger partial charge is 0.329 e. The van der Waals surface area contributed by atoms with E-state index in [1.54, 1.807) is 21.9 Å².